The van der Waals surface area contributed by atoms with Crippen LogP contribution in [0.15, 0.2) is 61.2 Å². The van der Waals surface area contributed by atoms with Crippen molar-refractivity contribution >= 4 is 5.91 Å². The van der Waals surface area contributed by atoms with Crippen LogP contribution in [0, 0.1) is 0 Å². The first-order valence-electron chi connectivity index (χ1n) is 9.20. The molecule has 0 radical (unpaired) electrons. The van der Waals surface area contributed by atoms with E-state index >= 15 is 0 Å². The van der Waals surface area contributed by atoms with Gasteiger partial charge in [0.05, 0.1) is 12.9 Å². The van der Waals surface area contributed by atoms with E-state index in [9.17, 15) is 4.79 Å². The smallest absolute Gasteiger partial charge is 0.254 e. The van der Waals surface area contributed by atoms with Gasteiger partial charge in [-0.25, -0.2) is 4.98 Å². The molecule has 2 aromatic carbocycles. The van der Waals surface area contributed by atoms with Crippen molar-refractivity contribution in [3.8, 4) is 22.9 Å². The first-order valence-corrected chi connectivity index (χ1v) is 9.20. The molecule has 1 saturated heterocycles. The number of benzene rings is 2. The Bertz CT molecular complexity index is 985. The molecular formula is C21H19N3O4. The van der Waals surface area contributed by atoms with E-state index in [-0.39, 0.29) is 18.8 Å². The fourth-order valence-electron chi connectivity index (χ4n) is 3.52. The summed E-state index contributed by atoms with van der Waals surface area (Å²) in [5.41, 5.74) is 1.63. The standard InChI is InChI=1S/C21H19N3O4/c25-21(15-1-6-19-20(11-15)27-14-26-19)23-9-7-18(12-23)28-17-4-2-16(3-5-17)24-10-8-22-13-24/h1-6,8,10-11,13,18H,7,9,12,14H2. The summed E-state index contributed by atoms with van der Waals surface area (Å²) in [6, 6.07) is 13.2. The number of carbonyl (C=O) groups is 1. The first-order chi connectivity index (χ1) is 13.8. The highest BCUT2D eigenvalue weighted by molar-refractivity contribution is 5.95. The van der Waals surface area contributed by atoms with Gasteiger partial charge in [0.1, 0.15) is 11.9 Å². The maximum absolute atomic E-state index is 12.8. The minimum Gasteiger partial charge on any atom is -0.489 e. The van der Waals surface area contributed by atoms with Crippen LogP contribution in [0.3, 0.4) is 0 Å². The number of amides is 1. The molecule has 5 rings (SSSR count). The van der Waals surface area contributed by atoms with Crippen molar-refractivity contribution in [1.82, 2.24) is 14.5 Å². The van der Waals surface area contributed by atoms with Crippen LogP contribution in [0.4, 0.5) is 0 Å². The third-order valence-electron chi connectivity index (χ3n) is 4.99. The predicted molar refractivity (Wildman–Crippen MR) is 101 cm³/mol. The van der Waals surface area contributed by atoms with Gasteiger partial charge in [0.25, 0.3) is 5.91 Å². The second kappa shape index (κ2) is 6.92. The molecule has 1 fully saturated rings. The summed E-state index contributed by atoms with van der Waals surface area (Å²) in [7, 11) is 0. The lowest BCUT2D eigenvalue weighted by Crippen LogP contribution is -2.30. The van der Waals surface area contributed by atoms with Gasteiger partial charge in [-0.1, -0.05) is 0 Å². The first kappa shape index (κ1) is 16.7. The topological polar surface area (TPSA) is 65.8 Å². The quantitative estimate of drug-likeness (QED) is 0.700. The number of hydrogen-bond acceptors (Lipinski definition) is 5. The molecule has 2 aliphatic heterocycles. The minimum atomic E-state index is -0.0166. The third-order valence-corrected chi connectivity index (χ3v) is 4.99. The zero-order valence-corrected chi connectivity index (χ0v) is 15.2. The van der Waals surface area contributed by atoms with Crippen LogP contribution in [0.2, 0.25) is 0 Å². The van der Waals surface area contributed by atoms with Gasteiger partial charge in [0.15, 0.2) is 11.5 Å². The fourth-order valence-corrected chi connectivity index (χ4v) is 3.52. The maximum Gasteiger partial charge on any atom is 0.254 e. The molecule has 2 aliphatic rings. The Morgan fingerprint density at radius 3 is 2.79 bits per heavy atom. The lowest BCUT2D eigenvalue weighted by molar-refractivity contribution is 0.0772. The zero-order chi connectivity index (χ0) is 18.9. The van der Waals surface area contributed by atoms with E-state index in [1.165, 1.54) is 0 Å². The lowest BCUT2D eigenvalue weighted by Gasteiger charge is -2.17. The van der Waals surface area contributed by atoms with Crippen molar-refractivity contribution in [3.05, 3.63) is 66.7 Å². The molecular weight excluding hydrogens is 358 g/mol. The molecule has 0 spiro atoms. The van der Waals surface area contributed by atoms with E-state index in [1.54, 1.807) is 30.7 Å². The highest BCUT2D eigenvalue weighted by atomic mass is 16.7. The number of rotatable bonds is 4. The average Bonchev–Trinajstić information content (AvgIpc) is 3.48. The fraction of sp³-hybridized carbons (Fsp3) is 0.238. The Hall–Kier alpha value is -3.48. The largest absolute Gasteiger partial charge is 0.489 e. The second-order valence-electron chi connectivity index (χ2n) is 6.81. The van der Waals surface area contributed by atoms with E-state index in [1.807, 2.05) is 39.9 Å². The van der Waals surface area contributed by atoms with Gasteiger partial charge in [-0.2, -0.15) is 0 Å². The normalized spacial score (nSPS) is 17.7. The van der Waals surface area contributed by atoms with Crippen LogP contribution in [-0.2, 0) is 0 Å². The number of aromatic nitrogens is 2. The van der Waals surface area contributed by atoms with Crippen LogP contribution in [0.1, 0.15) is 16.8 Å². The van der Waals surface area contributed by atoms with Crippen LogP contribution < -0.4 is 14.2 Å². The van der Waals surface area contributed by atoms with Crippen molar-refractivity contribution in [3.63, 3.8) is 0 Å². The number of nitrogens with zero attached hydrogens (tertiary/aromatic N) is 3. The molecule has 1 amide bonds. The molecule has 142 valence electrons. The number of ether oxygens (including phenoxy) is 3. The molecule has 7 nitrogen and oxygen atoms in total. The summed E-state index contributed by atoms with van der Waals surface area (Å²) in [6.45, 7) is 1.44. The minimum absolute atomic E-state index is 0.0140. The van der Waals surface area contributed by atoms with E-state index in [0.29, 0.717) is 30.2 Å². The van der Waals surface area contributed by atoms with E-state index < -0.39 is 0 Å². The van der Waals surface area contributed by atoms with Gasteiger partial charge < -0.3 is 23.7 Å². The molecule has 7 heteroatoms. The van der Waals surface area contributed by atoms with Crippen molar-refractivity contribution < 1.29 is 19.0 Å². The number of hydrogen-bond donors (Lipinski definition) is 0. The summed E-state index contributed by atoms with van der Waals surface area (Å²) >= 11 is 0. The molecule has 0 bridgehead atoms. The van der Waals surface area contributed by atoms with E-state index in [4.69, 9.17) is 14.2 Å². The van der Waals surface area contributed by atoms with Crippen molar-refractivity contribution in [1.29, 1.82) is 0 Å². The van der Waals surface area contributed by atoms with Crippen molar-refractivity contribution in [2.24, 2.45) is 0 Å². The Kier molecular flexibility index (Phi) is 4.12. The third kappa shape index (κ3) is 3.15. The number of fused-ring (bicyclic) bond motifs is 1. The van der Waals surface area contributed by atoms with E-state index in [2.05, 4.69) is 4.98 Å². The van der Waals surface area contributed by atoms with Crippen LogP contribution >= 0.6 is 0 Å². The highest BCUT2D eigenvalue weighted by Crippen LogP contribution is 2.33. The summed E-state index contributed by atoms with van der Waals surface area (Å²) in [4.78, 5) is 18.7. The molecule has 3 aromatic rings. The maximum atomic E-state index is 12.8. The SMILES string of the molecule is O=C(c1ccc2c(c1)OCO2)N1CCC(Oc2ccc(-n3ccnc3)cc2)C1. The molecule has 0 N–H and O–H groups in total. The summed E-state index contributed by atoms with van der Waals surface area (Å²) < 4.78 is 18.7. The second-order valence-corrected chi connectivity index (χ2v) is 6.81. The number of likely N-dealkylation sites (tertiary alicyclic amines) is 1. The zero-order valence-electron chi connectivity index (χ0n) is 15.2. The summed E-state index contributed by atoms with van der Waals surface area (Å²) in [5.74, 6) is 2.08. The summed E-state index contributed by atoms with van der Waals surface area (Å²) in [5, 5.41) is 0. The Morgan fingerprint density at radius 2 is 1.96 bits per heavy atom. The van der Waals surface area contributed by atoms with Gasteiger partial charge in [0.2, 0.25) is 6.79 Å². The predicted octanol–water partition coefficient (Wildman–Crippen LogP) is 2.89. The van der Waals surface area contributed by atoms with Gasteiger partial charge in [-0.3, -0.25) is 4.79 Å². The van der Waals surface area contributed by atoms with Crippen molar-refractivity contribution in [2.75, 3.05) is 19.9 Å². The molecule has 1 unspecified atom stereocenters. The van der Waals surface area contributed by atoms with E-state index in [0.717, 1.165) is 17.9 Å². The molecule has 1 aromatic heterocycles. The van der Waals surface area contributed by atoms with Crippen LogP contribution in [0.25, 0.3) is 5.69 Å². The molecule has 0 aliphatic carbocycles. The Labute approximate surface area is 162 Å². The molecule has 0 saturated carbocycles. The van der Waals surface area contributed by atoms with Crippen LogP contribution in [-0.4, -0.2) is 46.3 Å². The average molecular weight is 377 g/mol. The van der Waals surface area contributed by atoms with Crippen LogP contribution in [0.5, 0.6) is 17.2 Å². The molecule has 1 atom stereocenters. The van der Waals surface area contributed by atoms with Gasteiger partial charge in [-0.15, -0.1) is 0 Å². The molecule has 3 heterocycles. The van der Waals surface area contributed by atoms with Gasteiger partial charge in [-0.05, 0) is 42.5 Å². The monoisotopic (exact) mass is 377 g/mol. The number of imidazole rings is 1. The van der Waals surface area contributed by atoms with Gasteiger partial charge >= 0.3 is 0 Å². The summed E-state index contributed by atoms with van der Waals surface area (Å²) in [6.07, 6.45) is 6.18. The highest BCUT2D eigenvalue weighted by Gasteiger charge is 2.29. The Morgan fingerprint density at radius 1 is 1.11 bits per heavy atom. The number of carbonyl (C=O) groups excluding carboxylic acids is 1. The lowest BCUT2D eigenvalue weighted by atomic mass is 10.2. The van der Waals surface area contributed by atoms with Crippen molar-refractivity contribution in [2.45, 2.75) is 12.5 Å². The Balaban J connectivity index is 1.22. The molecule has 28 heavy (non-hydrogen) atoms. The van der Waals surface area contributed by atoms with Gasteiger partial charge in [0, 0.05) is 36.6 Å².